The van der Waals surface area contributed by atoms with Crippen molar-refractivity contribution in [3.8, 4) is 17.0 Å². The van der Waals surface area contributed by atoms with Crippen LogP contribution in [0.1, 0.15) is 19.4 Å². The number of amides is 2. The Morgan fingerprint density at radius 2 is 1.75 bits per heavy atom. The Bertz CT molecular complexity index is 1260. The van der Waals surface area contributed by atoms with E-state index in [0.717, 1.165) is 34.1 Å². The molecule has 2 amide bonds. The van der Waals surface area contributed by atoms with Crippen molar-refractivity contribution in [2.75, 3.05) is 17.2 Å². The Morgan fingerprint density at radius 3 is 2.50 bits per heavy atom. The molecule has 1 heterocycles. The zero-order valence-electron chi connectivity index (χ0n) is 18.0. The van der Waals surface area contributed by atoms with Crippen LogP contribution in [0.15, 0.2) is 72.8 Å². The fourth-order valence-corrected chi connectivity index (χ4v) is 3.55. The number of pyridine rings is 1. The lowest BCUT2D eigenvalue weighted by molar-refractivity contribution is 0.262. The molecule has 0 atom stereocenters. The zero-order chi connectivity index (χ0) is 22.5. The topological polar surface area (TPSA) is 63.2 Å². The number of urea groups is 1. The number of aryl methyl sites for hydroxylation is 1. The third-order valence-electron chi connectivity index (χ3n) is 5.11. The van der Waals surface area contributed by atoms with Crippen LogP contribution in [-0.4, -0.2) is 17.6 Å². The smallest absolute Gasteiger partial charge is 0.323 e. The van der Waals surface area contributed by atoms with Gasteiger partial charge in [0.2, 0.25) is 0 Å². The van der Waals surface area contributed by atoms with Gasteiger partial charge in [-0.05, 0) is 67.4 Å². The quantitative estimate of drug-likeness (QED) is 0.361. The molecule has 32 heavy (non-hydrogen) atoms. The molecule has 2 N–H and O–H groups in total. The first kappa shape index (κ1) is 21.3. The fraction of sp³-hybridized carbons (Fsp3) is 0.154. The number of hydrogen-bond acceptors (Lipinski definition) is 3. The summed E-state index contributed by atoms with van der Waals surface area (Å²) in [5, 5.41) is 6.57. The molecule has 0 aliphatic rings. The molecule has 162 valence electrons. The first-order valence-corrected chi connectivity index (χ1v) is 10.6. The summed E-state index contributed by atoms with van der Waals surface area (Å²) in [6.45, 7) is 4.43. The van der Waals surface area contributed by atoms with Gasteiger partial charge in [-0.15, -0.1) is 0 Å². The minimum absolute atomic E-state index is 0.296. The van der Waals surface area contributed by atoms with Gasteiger partial charge in [-0.3, -0.25) is 0 Å². The second-order valence-corrected chi connectivity index (χ2v) is 7.27. The standard InChI is InChI=1S/C26H24FN3O2/c1-3-17-7-5-6-8-22(17)30-26(31)28-20-13-14-23-21(15-20)25(32-4-2)16-24(29-23)18-9-11-19(27)12-10-18/h5-16H,3-4H2,1-2H3,(H2,28,30,31). The average Bonchev–Trinajstić information content (AvgIpc) is 2.80. The predicted octanol–water partition coefficient (Wildman–Crippen LogP) is 6.65. The molecule has 6 heteroatoms. The molecule has 0 aliphatic heterocycles. The number of carbonyl (C=O) groups is 1. The number of nitrogens with one attached hydrogen (secondary N) is 2. The van der Waals surface area contributed by atoms with Crippen LogP contribution in [0.5, 0.6) is 5.75 Å². The third kappa shape index (κ3) is 4.70. The monoisotopic (exact) mass is 429 g/mol. The van der Waals surface area contributed by atoms with E-state index in [1.54, 1.807) is 18.2 Å². The minimum Gasteiger partial charge on any atom is -0.493 e. The van der Waals surface area contributed by atoms with E-state index in [1.807, 2.05) is 56.3 Å². The zero-order valence-corrected chi connectivity index (χ0v) is 18.0. The first-order valence-electron chi connectivity index (χ1n) is 10.6. The van der Waals surface area contributed by atoms with Crippen molar-refractivity contribution in [3.63, 3.8) is 0 Å². The molecule has 0 spiro atoms. The lowest BCUT2D eigenvalue weighted by atomic mass is 10.1. The van der Waals surface area contributed by atoms with E-state index in [4.69, 9.17) is 9.72 Å². The molecule has 5 nitrogen and oxygen atoms in total. The van der Waals surface area contributed by atoms with Crippen molar-refractivity contribution in [1.29, 1.82) is 0 Å². The normalized spacial score (nSPS) is 10.7. The first-order chi connectivity index (χ1) is 15.6. The lowest BCUT2D eigenvalue weighted by Crippen LogP contribution is -2.20. The summed E-state index contributed by atoms with van der Waals surface area (Å²) in [5.41, 5.74) is 4.69. The van der Waals surface area contributed by atoms with Gasteiger partial charge in [0, 0.05) is 28.4 Å². The van der Waals surface area contributed by atoms with Crippen molar-refractivity contribution in [2.24, 2.45) is 0 Å². The molecule has 0 unspecified atom stereocenters. The van der Waals surface area contributed by atoms with Gasteiger partial charge in [0.15, 0.2) is 0 Å². The number of benzene rings is 3. The SMILES string of the molecule is CCOc1cc(-c2ccc(F)cc2)nc2ccc(NC(=O)Nc3ccccc3CC)cc12. The van der Waals surface area contributed by atoms with Crippen LogP contribution in [0.4, 0.5) is 20.6 Å². The van der Waals surface area contributed by atoms with Gasteiger partial charge < -0.3 is 15.4 Å². The minimum atomic E-state index is -0.320. The Balaban J connectivity index is 1.62. The Labute approximate surface area is 186 Å². The number of carbonyl (C=O) groups excluding carboxylic acids is 1. The van der Waals surface area contributed by atoms with Gasteiger partial charge in [0.1, 0.15) is 11.6 Å². The third-order valence-corrected chi connectivity index (χ3v) is 5.11. The van der Waals surface area contributed by atoms with Gasteiger partial charge in [-0.1, -0.05) is 25.1 Å². The van der Waals surface area contributed by atoms with Crippen LogP contribution < -0.4 is 15.4 Å². The number of anilines is 2. The molecule has 4 rings (SSSR count). The van der Waals surface area contributed by atoms with E-state index < -0.39 is 0 Å². The summed E-state index contributed by atoms with van der Waals surface area (Å²) in [7, 11) is 0. The van der Waals surface area contributed by atoms with E-state index >= 15 is 0 Å². The predicted molar refractivity (Wildman–Crippen MR) is 127 cm³/mol. The van der Waals surface area contributed by atoms with Crippen LogP contribution in [-0.2, 0) is 6.42 Å². The number of halogens is 1. The molecular formula is C26H24FN3O2. The molecule has 0 bridgehead atoms. The maximum Gasteiger partial charge on any atom is 0.323 e. The molecule has 0 radical (unpaired) electrons. The number of para-hydroxylation sites is 1. The second kappa shape index (κ2) is 9.47. The number of aromatic nitrogens is 1. The van der Waals surface area contributed by atoms with Crippen molar-refractivity contribution >= 4 is 28.3 Å². The summed E-state index contributed by atoms with van der Waals surface area (Å²) >= 11 is 0. The highest BCUT2D eigenvalue weighted by Crippen LogP contribution is 2.32. The molecule has 3 aromatic carbocycles. The van der Waals surface area contributed by atoms with Crippen molar-refractivity contribution in [1.82, 2.24) is 4.98 Å². The van der Waals surface area contributed by atoms with Crippen LogP contribution in [0.2, 0.25) is 0 Å². The fourth-order valence-electron chi connectivity index (χ4n) is 3.55. The van der Waals surface area contributed by atoms with Gasteiger partial charge >= 0.3 is 6.03 Å². The van der Waals surface area contributed by atoms with Gasteiger partial charge in [-0.25, -0.2) is 14.2 Å². The Morgan fingerprint density at radius 1 is 0.969 bits per heavy atom. The van der Waals surface area contributed by atoms with E-state index in [0.29, 0.717) is 23.7 Å². The molecule has 4 aromatic rings. The summed E-state index contributed by atoms with van der Waals surface area (Å²) in [6, 6.07) is 20.9. The number of fused-ring (bicyclic) bond motifs is 1. The molecule has 1 aromatic heterocycles. The van der Waals surface area contributed by atoms with Gasteiger partial charge in [0.25, 0.3) is 0 Å². The van der Waals surface area contributed by atoms with Crippen molar-refractivity contribution in [3.05, 3.63) is 84.2 Å². The van der Waals surface area contributed by atoms with E-state index in [9.17, 15) is 9.18 Å². The highest BCUT2D eigenvalue weighted by Gasteiger charge is 2.12. The number of hydrogen-bond donors (Lipinski definition) is 2. The summed E-state index contributed by atoms with van der Waals surface area (Å²) < 4.78 is 19.1. The highest BCUT2D eigenvalue weighted by atomic mass is 19.1. The number of ether oxygens (including phenoxy) is 1. The Kier molecular flexibility index (Phi) is 6.31. The van der Waals surface area contributed by atoms with E-state index in [2.05, 4.69) is 10.6 Å². The number of rotatable bonds is 6. The largest absolute Gasteiger partial charge is 0.493 e. The highest BCUT2D eigenvalue weighted by molar-refractivity contribution is 6.02. The lowest BCUT2D eigenvalue weighted by Gasteiger charge is -2.13. The molecule has 0 fully saturated rings. The van der Waals surface area contributed by atoms with Crippen LogP contribution in [0, 0.1) is 5.82 Å². The maximum atomic E-state index is 13.3. The van der Waals surface area contributed by atoms with E-state index in [-0.39, 0.29) is 11.8 Å². The van der Waals surface area contributed by atoms with E-state index in [1.165, 1.54) is 12.1 Å². The molecule has 0 aliphatic carbocycles. The maximum absolute atomic E-state index is 13.3. The molecular weight excluding hydrogens is 405 g/mol. The average molecular weight is 429 g/mol. The number of nitrogens with zero attached hydrogens (tertiary/aromatic N) is 1. The summed E-state index contributed by atoms with van der Waals surface area (Å²) in [5.74, 6) is 0.354. The van der Waals surface area contributed by atoms with Gasteiger partial charge in [-0.2, -0.15) is 0 Å². The molecule has 0 saturated carbocycles. The van der Waals surface area contributed by atoms with Crippen LogP contribution in [0.25, 0.3) is 22.2 Å². The van der Waals surface area contributed by atoms with Crippen molar-refractivity contribution < 1.29 is 13.9 Å². The summed E-state index contributed by atoms with van der Waals surface area (Å²) in [4.78, 5) is 17.3. The van der Waals surface area contributed by atoms with Crippen LogP contribution >= 0.6 is 0 Å². The van der Waals surface area contributed by atoms with Crippen molar-refractivity contribution in [2.45, 2.75) is 20.3 Å². The Hall–Kier alpha value is -3.93. The van der Waals surface area contributed by atoms with Crippen LogP contribution in [0.3, 0.4) is 0 Å². The second-order valence-electron chi connectivity index (χ2n) is 7.27. The molecule has 0 saturated heterocycles. The summed E-state index contributed by atoms with van der Waals surface area (Å²) in [6.07, 6.45) is 0.826. The van der Waals surface area contributed by atoms with Gasteiger partial charge in [0.05, 0.1) is 17.8 Å².